The summed E-state index contributed by atoms with van der Waals surface area (Å²) in [7, 11) is 2.16. The quantitative estimate of drug-likeness (QED) is 0.561. The highest BCUT2D eigenvalue weighted by molar-refractivity contribution is 5.70. The minimum atomic E-state index is -0.184. The Kier molecular flexibility index (Phi) is 6.26. The molecule has 1 saturated heterocycles. The Bertz CT molecular complexity index is 984. The molecule has 0 aliphatic carbocycles. The number of benzene rings is 2. The molecule has 0 bridgehead atoms. The molecular weight excluding hydrogens is 373 g/mol. The minimum absolute atomic E-state index is 0.184. The third-order valence-corrected chi connectivity index (χ3v) is 6.11. The summed E-state index contributed by atoms with van der Waals surface area (Å²) in [6.07, 6.45) is 3.89. The Balaban J connectivity index is 1.68. The number of halogens is 1. The molecule has 1 aliphatic rings. The summed E-state index contributed by atoms with van der Waals surface area (Å²) in [5, 5.41) is 0. The van der Waals surface area contributed by atoms with Gasteiger partial charge in [-0.25, -0.2) is 4.39 Å². The highest BCUT2D eigenvalue weighted by Gasteiger charge is 2.27. The van der Waals surface area contributed by atoms with Crippen molar-refractivity contribution in [3.05, 3.63) is 89.5 Å². The summed E-state index contributed by atoms with van der Waals surface area (Å²) in [4.78, 5) is 9.32. The summed E-state index contributed by atoms with van der Waals surface area (Å²) in [5.41, 5.74) is 6.28. The molecule has 1 unspecified atom stereocenters. The molecule has 3 aromatic rings. The van der Waals surface area contributed by atoms with Crippen LogP contribution in [-0.2, 0) is 6.54 Å². The van der Waals surface area contributed by atoms with Gasteiger partial charge in [-0.05, 0) is 53.4 Å². The number of hydrogen-bond donors (Lipinski definition) is 0. The maximum absolute atomic E-state index is 13.5. The third-order valence-electron chi connectivity index (χ3n) is 6.11. The fourth-order valence-electron chi connectivity index (χ4n) is 4.42. The minimum Gasteiger partial charge on any atom is -0.303 e. The average molecular weight is 404 g/mol. The maximum atomic E-state index is 13.5. The first-order valence-electron chi connectivity index (χ1n) is 10.7. The molecule has 4 heteroatoms. The number of piperazine rings is 1. The van der Waals surface area contributed by atoms with Crippen LogP contribution in [0.4, 0.5) is 4.39 Å². The summed E-state index contributed by atoms with van der Waals surface area (Å²) in [6, 6.07) is 18.0. The lowest BCUT2D eigenvalue weighted by molar-refractivity contribution is 0.0834. The van der Waals surface area contributed by atoms with Crippen LogP contribution < -0.4 is 0 Å². The van der Waals surface area contributed by atoms with E-state index >= 15 is 0 Å². The zero-order valence-corrected chi connectivity index (χ0v) is 18.1. The summed E-state index contributed by atoms with van der Waals surface area (Å²) >= 11 is 0. The van der Waals surface area contributed by atoms with E-state index in [-0.39, 0.29) is 11.9 Å². The van der Waals surface area contributed by atoms with Crippen molar-refractivity contribution in [1.82, 2.24) is 14.8 Å². The average Bonchev–Trinajstić information content (AvgIpc) is 2.76. The molecule has 0 saturated carbocycles. The second-order valence-corrected chi connectivity index (χ2v) is 8.57. The van der Waals surface area contributed by atoms with Gasteiger partial charge in [0.1, 0.15) is 5.82 Å². The predicted molar refractivity (Wildman–Crippen MR) is 121 cm³/mol. The van der Waals surface area contributed by atoms with Crippen molar-refractivity contribution in [2.75, 3.05) is 26.7 Å². The molecule has 2 heterocycles. The number of pyridine rings is 1. The van der Waals surface area contributed by atoms with E-state index in [2.05, 4.69) is 66.0 Å². The standard InChI is InChI=1S/C26H30FN3/c1-19(2)23-6-4-5-7-24(23)25-16-28-13-12-21(25)17-30-15-14-29(3)18-26(30)20-8-10-22(27)11-9-20/h4-13,16,19,26H,14-15,17-18H2,1-3H3. The van der Waals surface area contributed by atoms with Gasteiger partial charge in [0, 0.05) is 50.2 Å². The number of nitrogens with zero attached hydrogens (tertiary/aromatic N) is 3. The number of hydrogen-bond acceptors (Lipinski definition) is 3. The van der Waals surface area contributed by atoms with Gasteiger partial charge in [0.2, 0.25) is 0 Å². The normalized spacial score (nSPS) is 18.1. The topological polar surface area (TPSA) is 19.4 Å². The fraction of sp³-hybridized carbons (Fsp3) is 0.346. The molecule has 0 N–H and O–H groups in total. The van der Waals surface area contributed by atoms with Gasteiger partial charge < -0.3 is 4.90 Å². The molecule has 2 aromatic carbocycles. The van der Waals surface area contributed by atoms with Crippen molar-refractivity contribution in [2.24, 2.45) is 0 Å². The van der Waals surface area contributed by atoms with Crippen LogP contribution in [0.15, 0.2) is 67.0 Å². The van der Waals surface area contributed by atoms with Crippen LogP contribution in [0, 0.1) is 5.82 Å². The summed E-state index contributed by atoms with van der Waals surface area (Å²) < 4.78 is 13.5. The number of rotatable bonds is 5. The molecular formula is C26H30FN3. The molecule has 156 valence electrons. The third kappa shape index (κ3) is 4.45. The zero-order valence-electron chi connectivity index (χ0n) is 18.1. The second kappa shape index (κ2) is 9.07. The van der Waals surface area contributed by atoms with Crippen molar-refractivity contribution in [3.63, 3.8) is 0 Å². The van der Waals surface area contributed by atoms with Crippen LogP contribution in [0.1, 0.15) is 42.5 Å². The van der Waals surface area contributed by atoms with Gasteiger partial charge in [-0.15, -0.1) is 0 Å². The summed E-state index contributed by atoms with van der Waals surface area (Å²) in [5.74, 6) is 0.265. The van der Waals surface area contributed by atoms with Crippen LogP contribution in [0.3, 0.4) is 0 Å². The van der Waals surface area contributed by atoms with E-state index in [1.807, 2.05) is 24.5 Å². The van der Waals surface area contributed by atoms with E-state index in [9.17, 15) is 4.39 Å². The lowest BCUT2D eigenvalue weighted by atomic mass is 9.91. The van der Waals surface area contributed by atoms with E-state index < -0.39 is 0 Å². The summed E-state index contributed by atoms with van der Waals surface area (Å²) in [6.45, 7) is 8.27. The van der Waals surface area contributed by atoms with Crippen LogP contribution in [0.2, 0.25) is 0 Å². The largest absolute Gasteiger partial charge is 0.303 e. The van der Waals surface area contributed by atoms with Gasteiger partial charge in [-0.1, -0.05) is 50.2 Å². The zero-order chi connectivity index (χ0) is 21.1. The van der Waals surface area contributed by atoms with E-state index in [0.717, 1.165) is 26.2 Å². The van der Waals surface area contributed by atoms with E-state index in [1.54, 1.807) is 12.1 Å². The molecule has 4 rings (SSSR count). The molecule has 30 heavy (non-hydrogen) atoms. The van der Waals surface area contributed by atoms with E-state index in [1.165, 1.54) is 27.8 Å². The molecule has 1 atom stereocenters. The first-order valence-corrected chi connectivity index (χ1v) is 10.7. The van der Waals surface area contributed by atoms with Crippen LogP contribution >= 0.6 is 0 Å². The van der Waals surface area contributed by atoms with Gasteiger partial charge >= 0.3 is 0 Å². The predicted octanol–water partition coefficient (Wildman–Crippen LogP) is 5.50. The van der Waals surface area contributed by atoms with Gasteiger partial charge in [0.25, 0.3) is 0 Å². The van der Waals surface area contributed by atoms with Crippen molar-refractivity contribution in [1.29, 1.82) is 0 Å². The van der Waals surface area contributed by atoms with Crippen molar-refractivity contribution in [2.45, 2.75) is 32.4 Å². The van der Waals surface area contributed by atoms with Crippen molar-refractivity contribution < 1.29 is 4.39 Å². The molecule has 1 aliphatic heterocycles. The molecule has 0 spiro atoms. The van der Waals surface area contributed by atoms with Crippen LogP contribution in [0.5, 0.6) is 0 Å². The van der Waals surface area contributed by atoms with Crippen molar-refractivity contribution >= 4 is 0 Å². The molecule has 0 amide bonds. The molecule has 0 radical (unpaired) electrons. The molecule has 1 fully saturated rings. The van der Waals surface area contributed by atoms with Gasteiger partial charge in [-0.3, -0.25) is 9.88 Å². The maximum Gasteiger partial charge on any atom is 0.123 e. The molecule has 3 nitrogen and oxygen atoms in total. The smallest absolute Gasteiger partial charge is 0.123 e. The Morgan fingerprint density at radius 1 is 1.00 bits per heavy atom. The Labute approximate surface area is 179 Å². The number of aromatic nitrogens is 1. The molecule has 1 aromatic heterocycles. The van der Waals surface area contributed by atoms with E-state index in [4.69, 9.17) is 0 Å². The monoisotopic (exact) mass is 403 g/mol. The van der Waals surface area contributed by atoms with Crippen LogP contribution in [-0.4, -0.2) is 41.5 Å². The first-order chi connectivity index (χ1) is 14.5. The lowest BCUT2D eigenvalue weighted by Gasteiger charge is -2.40. The highest BCUT2D eigenvalue weighted by Crippen LogP contribution is 2.33. The fourth-order valence-corrected chi connectivity index (χ4v) is 4.42. The van der Waals surface area contributed by atoms with Crippen LogP contribution in [0.25, 0.3) is 11.1 Å². The van der Waals surface area contributed by atoms with Gasteiger partial charge in [-0.2, -0.15) is 0 Å². The second-order valence-electron chi connectivity index (χ2n) is 8.57. The van der Waals surface area contributed by atoms with Gasteiger partial charge in [0.15, 0.2) is 0 Å². The van der Waals surface area contributed by atoms with Gasteiger partial charge in [0.05, 0.1) is 0 Å². The lowest BCUT2D eigenvalue weighted by Crippen LogP contribution is -2.46. The Hall–Kier alpha value is -2.56. The Morgan fingerprint density at radius 2 is 1.77 bits per heavy atom. The van der Waals surface area contributed by atoms with Crippen molar-refractivity contribution in [3.8, 4) is 11.1 Å². The Morgan fingerprint density at radius 3 is 2.53 bits per heavy atom. The first kappa shape index (κ1) is 20.7. The van der Waals surface area contributed by atoms with E-state index in [0.29, 0.717) is 5.92 Å². The number of likely N-dealkylation sites (N-methyl/N-ethyl adjacent to an activating group) is 1. The highest BCUT2D eigenvalue weighted by atomic mass is 19.1. The SMILES string of the molecule is CC(C)c1ccccc1-c1cnccc1CN1CCN(C)CC1c1ccc(F)cc1.